The van der Waals surface area contributed by atoms with Gasteiger partial charge in [-0.1, -0.05) is 177 Å². The molecule has 0 saturated heterocycles. The fourth-order valence-electron chi connectivity index (χ4n) is 8.16. The van der Waals surface area contributed by atoms with E-state index in [0.717, 1.165) is 24.2 Å². The van der Waals surface area contributed by atoms with Crippen molar-refractivity contribution in [2.75, 3.05) is 11.5 Å². The summed E-state index contributed by atoms with van der Waals surface area (Å²) < 4.78 is 0. The van der Waals surface area contributed by atoms with Crippen molar-refractivity contribution in [3.05, 3.63) is 129 Å². The van der Waals surface area contributed by atoms with Crippen LogP contribution in [-0.2, 0) is 38.5 Å². The summed E-state index contributed by atoms with van der Waals surface area (Å²) in [6.07, 6.45) is 34.2. The third-order valence-electron chi connectivity index (χ3n) is 11.6. The van der Waals surface area contributed by atoms with Gasteiger partial charge >= 0.3 is 0 Å². The average Bonchev–Trinajstić information content (AvgIpc) is 3.18. The van der Waals surface area contributed by atoms with Crippen LogP contribution in [0.2, 0.25) is 0 Å². The first-order chi connectivity index (χ1) is 26.5. The van der Waals surface area contributed by atoms with Gasteiger partial charge in [0.1, 0.15) is 0 Å². The first-order valence-corrected chi connectivity index (χ1v) is 22.4. The van der Waals surface area contributed by atoms with Crippen molar-refractivity contribution in [1.29, 1.82) is 0 Å². The van der Waals surface area contributed by atoms with Crippen LogP contribution >= 0.6 is 0 Å². The molecule has 0 saturated carbocycles. The Morgan fingerprint density at radius 1 is 0.296 bits per heavy atom. The zero-order valence-electron chi connectivity index (χ0n) is 34.6. The molecule has 0 amide bonds. The van der Waals surface area contributed by atoms with E-state index in [2.05, 4.69) is 74.5 Å². The van der Waals surface area contributed by atoms with Crippen molar-refractivity contribution >= 4 is 11.4 Å². The van der Waals surface area contributed by atoms with Gasteiger partial charge in [0.2, 0.25) is 0 Å². The molecule has 0 atom stereocenters. The Morgan fingerprint density at radius 3 is 0.907 bits per heavy atom. The first kappa shape index (κ1) is 43.2. The van der Waals surface area contributed by atoms with E-state index in [4.69, 9.17) is 11.5 Å². The number of hydrogen-bond acceptors (Lipinski definition) is 2. The van der Waals surface area contributed by atoms with Gasteiger partial charge in [-0.3, -0.25) is 0 Å². The minimum absolute atomic E-state index is 0.842. The number of anilines is 2. The summed E-state index contributed by atoms with van der Waals surface area (Å²) in [4.78, 5) is 0. The van der Waals surface area contributed by atoms with E-state index in [9.17, 15) is 0 Å². The molecule has 4 rings (SSSR count). The maximum Gasteiger partial charge on any atom is 0.0314 e. The Morgan fingerprint density at radius 2 is 0.574 bits per heavy atom. The molecule has 2 heteroatoms. The van der Waals surface area contributed by atoms with Crippen molar-refractivity contribution < 1.29 is 0 Å². The number of nitrogens with two attached hydrogens (primary N) is 2. The minimum atomic E-state index is 0.842. The molecular weight excluding hydrogens is 653 g/mol. The molecule has 0 radical (unpaired) electrons. The lowest BCUT2D eigenvalue weighted by atomic mass is 9.93. The van der Waals surface area contributed by atoms with E-state index in [1.807, 2.05) is 24.3 Å². The zero-order valence-corrected chi connectivity index (χ0v) is 34.6. The Hall–Kier alpha value is -3.52. The maximum absolute atomic E-state index is 5.91. The van der Waals surface area contributed by atoms with Crippen LogP contribution < -0.4 is 11.5 Å². The van der Waals surface area contributed by atoms with Crippen LogP contribution in [0.1, 0.15) is 187 Å². The van der Waals surface area contributed by atoms with E-state index in [0.29, 0.717) is 0 Å². The number of unbranched alkanes of at least 4 members (excludes halogenated alkanes) is 17. The van der Waals surface area contributed by atoms with Crippen molar-refractivity contribution in [3.8, 4) is 0 Å². The monoisotopic (exact) mass is 729 g/mol. The standard InChI is InChI=1S/C52H76N2/c1-3-5-7-19-25-49-41-45(39-43-29-35-51(53)36-30-43)27-33-47(49)23-21-17-15-13-11-9-10-12-14-16-18-22-24-48-34-28-46(40-44-31-37-52(54)38-32-44)42-50(48)26-20-8-6-4-2/h27-38,41-42H,3-26,39-40,53-54H2,1-2H3. The van der Waals surface area contributed by atoms with E-state index in [-0.39, 0.29) is 0 Å². The second-order valence-electron chi connectivity index (χ2n) is 16.4. The summed E-state index contributed by atoms with van der Waals surface area (Å²) in [6, 6.07) is 31.4. The fourth-order valence-corrected chi connectivity index (χ4v) is 8.16. The van der Waals surface area contributed by atoms with Crippen molar-refractivity contribution in [3.63, 3.8) is 0 Å². The Labute approximate surface area is 332 Å². The highest BCUT2D eigenvalue weighted by atomic mass is 14.5. The third-order valence-corrected chi connectivity index (χ3v) is 11.6. The maximum atomic E-state index is 5.91. The molecule has 0 heterocycles. The third kappa shape index (κ3) is 17.3. The highest BCUT2D eigenvalue weighted by molar-refractivity contribution is 5.43. The Bertz CT molecular complexity index is 1430. The molecule has 4 aromatic rings. The van der Waals surface area contributed by atoms with Gasteiger partial charge in [0, 0.05) is 11.4 Å². The topological polar surface area (TPSA) is 52.0 Å². The molecule has 0 bridgehead atoms. The van der Waals surface area contributed by atoms with Gasteiger partial charge in [-0.25, -0.2) is 0 Å². The molecule has 0 aliphatic carbocycles. The fraction of sp³-hybridized carbons (Fsp3) is 0.538. The predicted octanol–water partition coefficient (Wildman–Crippen LogP) is 14.7. The molecule has 0 fully saturated rings. The molecule has 0 spiro atoms. The largest absolute Gasteiger partial charge is 0.399 e. The number of nitrogen functional groups attached to an aromatic ring is 2. The summed E-state index contributed by atoms with van der Waals surface area (Å²) in [7, 11) is 0. The van der Waals surface area contributed by atoms with Crippen molar-refractivity contribution in [1.82, 2.24) is 0 Å². The van der Waals surface area contributed by atoms with Gasteiger partial charge in [0.25, 0.3) is 0 Å². The lowest BCUT2D eigenvalue weighted by Gasteiger charge is -2.13. The normalized spacial score (nSPS) is 11.4. The van der Waals surface area contributed by atoms with Gasteiger partial charge in [-0.2, -0.15) is 0 Å². The lowest BCUT2D eigenvalue weighted by Crippen LogP contribution is -1.99. The van der Waals surface area contributed by atoms with Crippen molar-refractivity contribution in [2.45, 2.75) is 181 Å². The van der Waals surface area contributed by atoms with Crippen molar-refractivity contribution in [2.24, 2.45) is 0 Å². The SMILES string of the molecule is CCCCCCc1cc(Cc2ccc(N)cc2)ccc1CCCCCCCCCCCCCCc1ccc(Cc2ccc(N)cc2)cc1CCCCCC. The molecule has 0 unspecified atom stereocenters. The van der Waals surface area contributed by atoms with Gasteiger partial charge < -0.3 is 11.5 Å². The quantitative estimate of drug-likeness (QED) is 0.0432. The van der Waals surface area contributed by atoms with Crippen LogP contribution in [0.4, 0.5) is 11.4 Å². The summed E-state index contributed by atoms with van der Waals surface area (Å²) in [5.74, 6) is 0. The summed E-state index contributed by atoms with van der Waals surface area (Å²) >= 11 is 0. The van der Waals surface area contributed by atoms with Gasteiger partial charge in [-0.05, 0) is 133 Å². The predicted molar refractivity (Wildman–Crippen MR) is 239 cm³/mol. The van der Waals surface area contributed by atoms with E-state index in [1.165, 1.54) is 176 Å². The van der Waals surface area contributed by atoms with Crippen LogP contribution in [0, 0.1) is 0 Å². The molecule has 0 aliphatic heterocycles. The highest BCUT2D eigenvalue weighted by Gasteiger charge is 2.08. The molecule has 0 aromatic heterocycles. The van der Waals surface area contributed by atoms with E-state index in [1.54, 1.807) is 22.3 Å². The molecule has 294 valence electrons. The van der Waals surface area contributed by atoms with Crippen LogP contribution in [-0.4, -0.2) is 0 Å². The Kier molecular flexibility index (Phi) is 21.1. The van der Waals surface area contributed by atoms with Crippen LogP contribution in [0.5, 0.6) is 0 Å². The van der Waals surface area contributed by atoms with Gasteiger partial charge in [-0.15, -0.1) is 0 Å². The molecular formula is C52H76N2. The minimum Gasteiger partial charge on any atom is -0.399 e. The Balaban J connectivity index is 1.06. The summed E-state index contributed by atoms with van der Waals surface area (Å²) in [5.41, 5.74) is 25.5. The summed E-state index contributed by atoms with van der Waals surface area (Å²) in [6.45, 7) is 4.61. The molecule has 4 aromatic carbocycles. The van der Waals surface area contributed by atoms with E-state index < -0.39 is 0 Å². The number of hydrogen-bond donors (Lipinski definition) is 2. The highest BCUT2D eigenvalue weighted by Crippen LogP contribution is 2.23. The van der Waals surface area contributed by atoms with Gasteiger partial charge in [0.15, 0.2) is 0 Å². The van der Waals surface area contributed by atoms with Crippen LogP contribution in [0.3, 0.4) is 0 Å². The van der Waals surface area contributed by atoms with Crippen LogP contribution in [0.25, 0.3) is 0 Å². The molecule has 4 N–H and O–H groups in total. The zero-order chi connectivity index (χ0) is 38.1. The number of aryl methyl sites for hydroxylation is 4. The van der Waals surface area contributed by atoms with Crippen LogP contribution in [0.15, 0.2) is 84.9 Å². The first-order valence-electron chi connectivity index (χ1n) is 22.4. The average molecular weight is 729 g/mol. The second-order valence-corrected chi connectivity index (χ2v) is 16.4. The smallest absolute Gasteiger partial charge is 0.0314 e. The lowest BCUT2D eigenvalue weighted by molar-refractivity contribution is 0.540. The second kappa shape index (κ2) is 26.3. The summed E-state index contributed by atoms with van der Waals surface area (Å²) in [5, 5.41) is 0. The van der Waals surface area contributed by atoms with E-state index >= 15 is 0 Å². The number of rotatable bonds is 29. The molecule has 54 heavy (non-hydrogen) atoms. The molecule has 0 aliphatic rings. The molecule has 2 nitrogen and oxygen atoms in total. The van der Waals surface area contributed by atoms with Gasteiger partial charge in [0.05, 0.1) is 0 Å². The number of benzene rings is 4.